The van der Waals surface area contributed by atoms with Gasteiger partial charge in [-0.05, 0) is 18.6 Å². The lowest BCUT2D eigenvalue weighted by atomic mass is 10.1. The van der Waals surface area contributed by atoms with Crippen LogP contribution in [0.15, 0.2) is 18.2 Å². The van der Waals surface area contributed by atoms with Crippen molar-refractivity contribution in [1.82, 2.24) is 4.98 Å². The number of aromatic nitrogens is 1. The van der Waals surface area contributed by atoms with Crippen molar-refractivity contribution < 1.29 is 5.11 Å². The van der Waals surface area contributed by atoms with Crippen LogP contribution in [0, 0.1) is 6.92 Å². The number of hydrogen-bond acceptors (Lipinski definition) is 3. The lowest BCUT2D eigenvalue weighted by Crippen LogP contribution is -1.87. The topological polar surface area (TPSA) is 33.1 Å². The zero-order chi connectivity index (χ0) is 11.7. The summed E-state index contributed by atoms with van der Waals surface area (Å²) in [5.41, 5.74) is 2.56. The average molecular weight is 274 g/mol. The molecule has 0 spiro atoms. The first-order valence-corrected chi connectivity index (χ1v) is 6.21. The predicted octanol–water partition coefficient (Wildman–Crippen LogP) is 3.92. The van der Waals surface area contributed by atoms with Crippen LogP contribution in [0.3, 0.4) is 0 Å². The largest absolute Gasteiger partial charge is 0.391 e. The summed E-state index contributed by atoms with van der Waals surface area (Å²) in [4.78, 5) is 4.91. The van der Waals surface area contributed by atoms with E-state index in [4.69, 9.17) is 23.2 Å². The van der Waals surface area contributed by atoms with Crippen LogP contribution in [0.1, 0.15) is 10.4 Å². The summed E-state index contributed by atoms with van der Waals surface area (Å²) in [6.07, 6.45) is 0. The molecule has 1 aromatic heterocycles. The maximum absolute atomic E-state index is 9.21. The molecule has 1 aromatic carbocycles. The van der Waals surface area contributed by atoms with Crippen molar-refractivity contribution in [3.05, 3.63) is 38.1 Å². The molecule has 0 saturated carbocycles. The van der Waals surface area contributed by atoms with Crippen molar-refractivity contribution in [3.63, 3.8) is 0 Å². The number of aliphatic hydroxyl groups excluding tert-OH is 1. The molecule has 0 aliphatic rings. The number of halogens is 2. The van der Waals surface area contributed by atoms with Gasteiger partial charge in [0.1, 0.15) is 0 Å². The number of thiazole rings is 1. The van der Waals surface area contributed by atoms with Gasteiger partial charge in [0.2, 0.25) is 0 Å². The average Bonchev–Trinajstić information content (AvgIpc) is 2.59. The molecule has 0 radical (unpaired) electrons. The second kappa shape index (κ2) is 4.72. The van der Waals surface area contributed by atoms with Crippen LogP contribution in [0.2, 0.25) is 9.49 Å². The van der Waals surface area contributed by atoms with E-state index in [1.165, 1.54) is 11.3 Å². The zero-order valence-electron chi connectivity index (χ0n) is 8.50. The van der Waals surface area contributed by atoms with Gasteiger partial charge < -0.3 is 5.11 Å². The van der Waals surface area contributed by atoms with Gasteiger partial charge in [-0.2, -0.15) is 0 Å². The summed E-state index contributed by atoms with van der Waals surface area (Å²) >= 11 is 13.2. The van der Waals surface area contributed by atoms with Crippen LogP contribution in [-0.4, -0.2) is 10.1 Å². The number of aryl methyl sites for hydroxylation is 1. The molecular weight excluding hydrogens is 265 g/mol. The van der Waals surface area contributed by atoms with Gasteiger partial charge in [0.15, 0.2) is 4.47 Å². The molecule has 0 fully saturated rings. The fraction of sp³-hybridized carbons (Fsp3) is 0.182. The fourth-order valence-electron chi connectivity index (χ4n) is 1.45. The quantitative estimate of drug-likeness (QED) is 0.900. The molecule has 2 nitrogen and oxygen atoms in total. The molecule has 0 atom stereocenters. The van der Waals surface area contributed by atoms with E-state index >= 15 is 0 Å². The molecule has 2 aromatic rings. The van der Waals surface area contributed by atoms with Gasteiger partial charge >= 0.3 is 0 Å². The maximum atomic E-state index is 9.21. The van der Waals surface area contributed by atoms with Crippen molar-refractivity contribution in [1.29, 1.82) is 0 Å². The maximum Gasteiger partial charge on any atom is 0.184 e. The molecule has 1 heterocycles. The van der Waals surface area contributed by atoms with Crippen molar-refractivity contribution in [3.8, 4) is 11.3 Å². The second-order valence-corrected chi connectivity index (χ2v) is 5.45. The van der Waals surface area contributed by atoms with Gasteiger partial charge in [0.05, 0.1) is 22.2 Å². The Morgan fingerprint density at radius 3 is 2.75 bits per heavy atom. The summed E-state index contributed by atoms with van der Waals surface area (Å²) in [6, 6.07) is 5.71. The Kier molecular flexibility index (Phi) is 3.50. The third-order valence-electron chi connectivity index (χ3n) is 2.19. The molecule has 0 aliphatic carbocycles. The van der Waals surface area contributed by atoms with E-state index in [0.29, 0.717) is 15.2 Å². The lowest BCUT2D eigenvalue weighted by molar-refractivity contribution is 0.286. The van der Waals surface area contributed by atoms with Crippen LogP contribution in [0.5, 0.6) is 0 Å². The molecule has 5 heteroatoms. The van der Waals surface area contributed by atoms with E-state index in [2.05, 4.69) is 4.98 Å². The van der Waals surface area contributed by atoms with Crippen LogP contribution < -0.4 is 0 Å². The second-order valence-electron chi connectivity index (χ2n) is 3.38. The van der Waals surface area contributed by atoms with Gasteiger partial charge in [-0.3, -0.25) is 0 Å². The van der Waals surface area contributed by atoms with Crippen molar-refractivity contribution in [2.45, 2.75) is 13.5 Å². The first kappa shape index (κ1) is 11.9. The Labute approximate surface area is 107 Å². The first-order chi connectivity index (χ1) is 7.61. The van der Waals surface area contributed by atoms with Crippen molar-refractivity contribution in [2.24, 2.45) is 0 Å². The Balaban J connectivity index is 2.57. The molecule has 0 unspecified atom stereocenters. The predicted molar refractivity (Wildman–Crippen MR) is 68.2 cm³/mol. The Hall–Kier alpha value is -0.610. The molecule has 84 valence electrons. The van der Waals surface area contributed by atoms with E-state index in [-0.39, 0.29) is 6.61 Å². The highest BCUT2D eigenvalue weighted by Crippen LogP contribution is 2.35. The van der Waals surface area contributed by atoms with Gasteiger partial charge in [-0.1, -0.05) is 35.3 Å². The Bertz CT molecular complexity index is 525. The third kappa shape index (κ3) is 2.23. The minimum Gasteiger partial charge on any atom is -0.391 e. The van der Waals surface area contributed by atoms with Gasteiger partial charge in [0, 0.05) is 5.56 Å². The smallest absolute Gasteiger partial charge is 0.184 e. The van der Waals surface area contributed by atoms with Gasteiger partial charge in [-0.25, -0.2) is 4.98 Å². The summed E-state index contributed by atoms with van der Waals surface area (Å²) < 4.78 is 0.413. The molecule has 0 aliphatic heterocycles. The fourth-order valence-corrected chi connectivity index (χ4v) is 2.80. The summed E-state index contributed by atoms with van der Waals surface area (Å²) in [5.74, 6) is 0. The van der Waals surface area contributed by atoms with Crippen LogP contribution >= 0.6 is 34.5 Å². The number of nitrogens with zero attached hydrogens (tertiary/aromatic N) is 1. The highest BCUT2D eigenvalue weighted by molar-refractivity contribution is 7.16. The van der Waals surface area contributed by atoms with E-state index in [9.17, 15) is 5.11 Å². The van der Waals surface area contributed by atoms with Crippen molar-refractivity contribution in [2.75, 3.05) is 0 Å². The molecule has 0 bridgehead atoms. The van der Waals surface area contributed by atoms with Gasteiger partial charge in [-0.15, -0.1) is 11.3 Å². The monoisotopic (exact) mass is 273 g/mol. The molecule has 0 saturated heterocycles. The molecule has 16 heavy (non-hydrogen) atoms. The van der Waals surface area contributed by atoms with Crippen LogP contribution in [-0.2, 0) is 6.61 Å². The van der Waals surface area contributed by atoms with E-state index in [1.807, 2.05) is 25.1 Å². The van der Waals surface area contributed by atoms with E-state index < -0.39 is 0 Å². The molecular formula is C11H9Cl2NOS. The zero-order valence-corrected chi connectivity index (χ0v) is 10.8. The summed E-state index contributed by atoms with van der Waals surface area (Å²) in [5, 5.41) is 9.83. The van der Waals surface area contributed by atoms with Gasteiger partial charge in [0.25, 0.3) is 0 Å². The Morgan fingerprint density at radius 1 is 1.38 bits per heavy atom. The molecule has 0 amide bonds. The highest BCUT2D eigenvalue weighted by atomic mass is 35.5. The minimum absolute atomic E-state index is 0.0794. The van der Waals surface area contributed by atoms with Crippen molar-refractivity contribution >= 4 is 34.5 Å². The van der Waals surface area contributed by atoms with Crippen LogP contribution in [0.4, 0.5) is 0 Å². The molecule has 2 rings (SSSR count). The SMILES string of the molecule is Cc1ccc(-c2nc(Cl)sc2CO)c(Cl)c1. The standard InChI is InChI=1S/C11H9Cl2NOS/c1-6-2-3-7(8(12)4-6)10-9(5-15)16-11(13)14-10/h2-4,15H,5H2,1H3. The normalized spacial score (nSPS) is 10.8. The summed E-state index contributed by atoms with van der Waals surface area (Å²) in [6.45, 7) is 1.89. The summed E-state index contributed by atoms with van der Waals surface area (Å²) in [7, 11) is 0. The minimum atomic E-state index is -0.0794. The van der Waals surface area contributed by atoms with E-state index in [1.54, 1.807) is 0 Å². The number of benzene rings is 1. The van der Waals surface area contributed by atoms with E-state index in [0.717, 1.165) is 16.0 Å². The Morgan fingerprint density at radius 2 is 2.12 bits per heavy atom. The third-order valence-corrected chi connectivity index (χ3v) is 3.65. The molecule has 1 N–H and O–H groups in total. The lowest BCUT2D eigenvalue weighted by Gasteiger charge is -2.03. The number of hydrogen-bond donors (Lipinski definition) is 1. The first-order valence-electron chi connectivity index (χ1n) is 4.64. The number of rotatable bonds is 2. The highest BCUT2D eigenvalue weighted by Gasteiger charge is 2.14. The van der Waals surface area contributed by atoms with Crippen LogP contribution in [0.25, 0.3) is 11.3 Å². The number of aliphatic hydroxyl groups is 1.